The van der Waals surface area contributed by atoms with Crippen molar-refractivity contribution in [2.75, 3.05) is 23.8 Å². The first-order valence-corrected chi connectivity index (χ1v) is 10.6. The molecule has 156 valence electrons. The predicted molar refractivity (Wildman–Crippen MR) is 120 cm³/mol. The van der Waals surface area contributed by atoms with E-state index in [1.165, 1.54) is 11.3 Å². The summed E-state index contributed by atoms with van der Waals surface area (Å²) in [5, 5.41) is 7.54. The van der Waals surface area contributed by atoms with Gasteiger partial charge in [-0.3, -0.25) is 9.59 Å². The van der Waals surface area contributed by atoms with Crippen molar-refractivity contribution in [1.29, 1.82) is 0 Å². The fourth-order valence-corrected chi connectivity index (χ4v) is 3.35. The van der Waals surface area contributed by atoms with Crippen molar-refractivity contribution in [1.82, 2.24) is 0 Å². The van der Waals surface area contributed by atoms with Crippen LogP contribution in [0.2, 0.25) is 0 Å². The number of rotatable bonds is 9. The Morgan fingerprint density at radius 2 is 1.63 bits per heavy atom. The summed E-state index contributed by atoms with van der Waals surface area (Å²) in [5.41, 5.74) is 1.63. The summed E-state index contributed by atoms with van der Waals surface area (Å²) in [6, 6.07) is 15.7. The van der Waals surface area contributed by atoms with Crippen molar-refractivity contribution in [2.45, 2.75) is 20.3 Å². The van der Waals surface area contributed by atoms with Crippen molar-refractivity contribution >= 4 is 34.5 Å². The molecule has 2 aromatic carbocycles. The average Bonchev–Trinajstić information content (AvgIpc) is 3.28. The van der Waals surface area contributed by atoms with Gasteiger partial charge < -0.3 is 20.1 Å². The van der Waals surface area contributed by atoms with Crippen molar-refractivity contribution in [3.63, 3.8) is 0 Å². The lowest BCUT2D eigenvalue weighted by molar-refractivity contribution is 0.102. The second-order valence-electron chi connectivity index (χ2n) is 6.41. The van der Waals surface area contributed by atoms with E-state index in [1.54, 1.807) is 48.5 Å². The first-order chi connectivity index (χ1) is 14.6. The molecular weight excluding hydrogens is 400 g/mol. The summed E-state index contributed by atoms with van der Waals surface area (Å²) in [5.74, 6) is 0.696. The number of anilines is 2. The molecule has 0 aliphatic heterocycles. The number of ether oxygens (including phenoxy) is 2. The summed E-state index contributed by atoms with van der Waals surface area (Å²) < 4.78 is 11.3. The monoisotopic (exact) mass is 424 g/mol. The number of benzene rings is 2. The van der Waals surface area contributed by atoms with Crippen LogP contribution in [0.1, 0.15) is 40.3 Å². The summed E-state index contributed by atoms with van der Waals surface area (Å²) in [7, 11) is 0. The molecule has 6 nitrogen and oxygen atoms in total. The van der Waals surface area contributed by atoms with Crippen molar-refractivity contribution < 1.29 is 19.1 Å². The summed E-state index contributed by atoms with van der Waals surface area (Å²) >= 11 is 1.37. The number of hydrogen-bond donors (Lipinski definition) is 2. The molecule has 3 rings (SSSR count). The van der Waals surface area contributed by atoms with E-state index in [4.69, 9.17) is 9.47 Å². The van der Waals surface area contributed by atoms with E-state index in [9.17, 15) is 9.59 Å². The Morgan fingerprint density at radius 3 is 2.30 bits per heavy atom. The lowest BCUT2D eigenvalue weighted by Crippen LogP contribution is -2.13. The minimum atomic E-state index is -0.278. The number of hydrogen-bond acceptors (Lipinski definition) is 5. The number of carbonyl (C=O) groups excluding carboxylic acids is 2. The molecule has 0 fully saturated rings. The Kier molecular flexibility index (Phi) is 7.45. The maximum atomic E-state index is 12.7. The Balaban J connectivity index is 1.71. The number of nitrogens with one attached hydrogen (secondary N) is 2. The van der Waals surface area contributed by atoms with Crippen LogP contribution < -0.4 is 20.1 Å². The van der Waals surface area contributed by atoms with Crippen LogP contribution in [-0.4, -0.2) is 25.0 Å². The number of thiophene rings is 1. The van der Waals surface area contributed by atoms with Crippen LogP contribution in [0, 0.1) is 0 Å². The van der Waals surface area contributed by atoms with E-state index in [0.717, 1.165) is 6.42 Å². The first-order valence-electron chi connectivity index (χ1n) is 9.76. The van der Waals surface area contributed by atoms with Crippen molar-refractivity contribution in [2.24, 2.45) is 0 Å². The second-order valence-corrected chi connectivity index (χ2v) is 7.36. The van der Waals surface area contributed by atoms with Crippen LogP contribution in [0.25, 0.3) is 0 Å². The third kappa shape index (κ3) is 5.61. The molecule has 2 amide bonds. The molecule has 3 aromatic rings. The van der Waals surface area contributed by atoms with Crippen LogP contribution in [0.15, 0.2) is 60.0 Å². The highest BCUT2D eigenvalue weighted by molar-refractivity contribution is 7.12. The van der Waals surface area contributed by atoms with Gasteiger partial charge in [-0.1, -0.05) is 19.1 Å². The van der Waals surface area contributed by atoms with Crippen LogP contribution in [0.3, 0.4) is 0 Å². The number of carbonyl (C=O) groups is 2. The summed E-state index contributed by atoms with van der Waals surface area (Å²) in [6.07, 6.45) is 0.882. The summed E-state index contributed by atoms with van der Waals surface area (Å²) in [6.45, 7) is 4.96. The van der Waals surface area contributed by atoms with E-state index < -0.39 is 0 Å². The van der Waals surface area contributed by atoms with Gasteiger partial charge in [0, 0.05) is 16.9 Å². The highest BCUT2D eigenvalue weighted by atomic mass is 32.1. The molecule has 1 heterocycles. The van der Waals surface area contributed by atoms with Gasteiger partial charge in [0.05, 0.1) is 18.1 Å². The van der Waals surface area contributed by atoms with Gasteiger partial charge in [-0.15, -0.1) is 11.3 Å². The van der Waals surface area contributed by atoms with Crippen molar-refractivity contribution in [3.8, 4) is 11.5 Å². The molecule has 2 N–H and O–H groups in total. The summed E-state index contributed by atoms with van der Waals surface area (Å²) in [4.78, 5) is 25.6. The molecule has 0 bridgehead atoms. The topological polar surface area (TPSA) is 76.7 Å². The molecule has 0 saturated carbocycles. The highest BCUT2D eigenvalue weighted by Crippen LogP contribution is 2.29. The van der Waals surface area contributed by atoms with Crippen LogP contribution >= 0.6 is 11.3 Å². The van der Waals surface area contributed by atoms with Gasteiger partial charge in [0.25, 0.3) is 11.8 Å². The second kappa shape index (κ2) is 10.5. The Morgan fingerprint density at radius 1 is 0.867 bits per heavy atom. The van der Waals surface area contributed by atoms with Gasteiger partial charge in [0.15, 0.2) is 11.5 Å². The van der Waals surface area contributed by atoms with Crippen LogP contribution in [-0.2, 0) is 0 Å². The zero-order chi connectivity index (χ0) is 21.3. The molecule has 0 saturated heterocycles. The van der Waals surface area contributed by atoms with Gasteiger partial charge in [-0.05, 0) is 61.2 Å². The van der Waals surface area contributed by atoms with Crippen LogP contribution in [0.4, 0.5) is 11.4 Å². The fourth-order valence-electron chi connectivity index (χ4n) is 2.73. The predicted octanol–water partition coefficient (Wildman–Crippen LogP) is 5.44. The third-order valence-electron chi connectivity index (χ3n) is 4.09. The van der Waals surface area contributed by atoms with E-state index in [1.807, 2.05) is 25.3 Å². The van der Waals surface area contributed by atoms with E-state index in [0.29, 0.717) is 46.5 Å². The lowest BCUT2D eigenvalue weighted by atomic mass is 10.1. The Labute approximate surface area is 179 Å². The molecular formula is C23H24N2O4S. The average molecular weight is 425 g/mol. The largest absolute Gasteiger partial charge is 0.490 e. The van der Waals surface area contributed by atoms with Crippen LogP contribution in [0.5, 0.6) is 11.5 Å². The molecule has 0 radical (unpaired) electrons. The smallest absolute Gasteiger partial charge is 0.265 e. The zero-order valence-electron chi connectivity index (χ0n) is 16.9. The standard InChI is InChI=1S/C23H24N2O4S/c1-3-12-29-19-11-10-16(14-20(19)28-4-2)22(26)24-17-7-5-8-18(15-17)25-23(27)21-9-6-13-30-21/h5-11,13-15H,3-4,12H2,1-2H3,(H,24,26)(H,25,27). The van der Waals surface area contributed by atoms with Gasteiger partial charge in [0.2, 0.25) is 0 Å². The van der Waals surface area contributed by atoms with Gasteiger partial charge >= 0.3 is 0 Å². The van der Waals surface area contributed by atoms with Gasteiger partial charge in [-0.25, -0.2) is 0 Å². The molecule has 0 spiro atoms. The molecule has 7 heteroatoms. The third-order valence-corrected chi connectivity index (χ3v) is 4.96. The molecule has 0 atom stereocenters. The highest BCUT2D eigenvalue weighted by Gasteiger charge is 2.13. The Bertz CT molecular complexity index is 1000. The zero-order valence-corrected chi connectivity index (χ0v) is 17.8. The van der Waals surface area contributed by atoms with E-state index in [2.05, 4.69) is 10.6 Å². The lowest BCUT2D eigenvalue weighted by Gasteiger charge is -2.13. The minimum Gasteiger partial charge on any atom is -0.490 e. The fraction of sp³-hybridized carbons (Fsp3) is 0.217. The van der Waals surface area contributed by atoms with Gasteiger partial charge in [0.1, 0.15) is 0 Å². The molecule has 0 unspecified atom stereocenters. The Hall–Kier alpha value is -3.32. The SMILES string of the molecule is CCCOc1ccc(C(=O)Nc2cccc(NC(=O)c3cccs3)c2)cc1OCC. The molecule has 0 aliphatic rings. The quantitative estimate of drug-likeness (QED) is 0.479. The van der Waals surface area contributed by atoms with Gasteiger partial charge in [-0.2, -0.15) is 0 Å². The minimum absolute atomic E-state index is 0.183. The molecule has 0 aliphatic carbocycles. The molecule has 30 heavy (non-hydrogen) atoms. The number of amides is 2. The first kappa shape index (κ1) is 21.4. The van der Waals surface area contributed by atoms with E-state index in [-0.39, 0.29) is 11.8 Å². The van der Waals surface area contributed by atoms with E-state index >= 15 is 0 Å². The normalized spacial score (nSPS) is 10.3. The van der Waals surface area contributed by atoms with Crippen molar-refractivity contribution in [3.05, 3.63) is 70.4 Å². The maximum Gasteiger partial charge on any atom is 0.265 e. The molecule has 1 aromatic heterocycles. The maximum absolute atomic E-state index is 12.7.